The molecule has 1 amide bonds. The zero-order valence-electron chi connectivity index (χ0n) is 15.1. The van der Waals surface area contributed by atoms with Crippen LogP contribution in [0.1, 0.15) is 30.5 Å². The fourth-order valence-corrected chi connectivity index (χ4v) is 4.39. The number of hydrogen-bond donors (Lipinski definition) is 1. The number of fused-ring (bicyclic) bond motifs is 1. The van der Waals surface area contributed by atoms with E-state index in [4.69, 9.17) is 17.0 Å². The monoisotopic (exact) mass is 448 g/mol. The van der Waals surface area contributed by atoms with Crippen molar-refractivity contribution in [2.45, 2.75) is 31.4 Å². The van der Waals surface area contributed by atoms with E-state index in [2.05, 4.69) is 21.2 Å². The topological polar surface area (TPSA) is 41.6 Å². The lowest BCUT2D eigenvalue weighted by Gasteiger charge is -2.29. The van der Waals surface area contributed by atoms with Crippen molar-refractivity contribution in [1.82, 2.24) is 10.2 Å². The molecule has 2 heterocycles. The third-order valence-electron chi connectivity index (χ3n) is 5.07. The molecular formula is C20H18BrFN2O2S. The maximum atomic E-state index is 13.8. The van der Waals surface area contributed by atoms with E-state index in [0.29, 0.717) is 15.1 Å². The maximum Gasteiger partial charge on any atom is 0.263 e. The van der Waals surface area contributed by atoms with Gasteiger partial charge in [-0.1, -0.05) is 12.1 Å². The van der Waals surface area contributed by atoms with Crippen LogP contribution in [0.2, 0.25) is 0 Å². The zero-order valence-corrected chi connectivity index (χ0v) is 17.5. The largest absolute Gasteiger partial charge is 0.487 e. The summed E-state index contributed by atoms with van der Waals surface area (Å²) in [6, 6.07) is 10.3. The summed E-state index contributed by atoms with van der Waals surface area (Å²) in [7, 11) is 1.64. The van der Waals surface area contributed by atoms with Crippen molar-refractivity contribution >= 4 is 39.2 Å². The lowest BCUT2D eigenvalue weighted by molar-refractivity contribution is -0.129. The van der Waals surface area contributed by atoms with E-state index in [9.17, 15) is 9.18 Å². The SMILES string of the molecule is CN1C(=O)C(c2ccc(F)c(Br)c2)(c2ccc3c(c2)CC(C)(C)O3)NC1=S. The van der Waals surface area contributed by atoms with Gasteiger partial charge in [0.2, 0.25) is 0 Å². The molecule has 140 valence electrons. The highest BCUT2D eigenvalue weighted by atomic mass is 79.9. The molecule has 0 radical (unpaired) electrons. The van der Waals surface area contributed by atoms with Gasteiger partial charge in [0, 0.05) is 13.5 Å². The molecule has 4 rings (SSSR count). The first-order valence-corrected chi connectivity index (χ1v) is 9.72. The first-order valence-electron chi connectivity index (χ1n) is 8.52. The lowest BCUT2D eigenvalue weighted by Crippen LogP contribution is -2.45. The van der Waals surface area contributed by atoms with E-state index in [1.165, 1.54) is 11.0 Å². The van der Waals surface area contributed by atoms with Crippen LogP contribution >= 0.6 is 28.1 Å². The zero-order chi connectivity index (χ0) is 19.6. The van der Waals surface area contributed by atoms with Crippen molar-refractivity contribution in [3.63, 3.8) is 0 Å². The molecule has 2 aromatic carbocycles. The molecule has 0 spiro atoms. The van der Waals surface area contributed by atoms with Crippen LogP contribution in [0.5, 0.6) is 5.75 Å². The van der Waals surface area contributed by atoms with E-state index in [1.807, 2.05) is 32.0 Å². The molecule has 1 atom stereocenters. The second kappa shape index (κ2) is 6.01. The molecule has 1 saturated heterocycles. The molecule has 1 unspecified atom stereocenters. The Labute approximate surface area is 170 Å². The standard InChI is InChI=1S/C20H18BrFN2O2S/c1-19(2)10-11-8-12(5-7-16(11)26-19)20(17(25)24(3)18(27)23-20)13-4-6-15(22)14(21)9-13/h4-9H,10H2,1-3H3,(H,23,27). The highest BCUT2D eigenvalue weighted by Gasteiger charge is 2.51. The number of halogens is 2. The number of thiocarbonyl (C=S) groups is 1. The van der Waals surface area contributed by atoms with Gasteiger partial charge < -0.3 is 10.1 Å². The van der Waals surface area contributed by atoms with Gasteiger partial charge in [-0.15, -0.1) is 0 Å². The van der Waals surface area contributed by atoms with E-state index < -0.39 is 5.54 Å². The molecule has 0 aromatic heterocycles. The Bertz CT molecular complexity index is 994. The first-order chi connectivity index (χ1) is 12.6. The molecule has 2 aliphatic heterocycles. The number of rotatable bonds is 2. The normalized spacial score (nSPS) is 23.2. The third kappa shape index (κ3) is 2.75. The molecule has 0 bridgehead atoms. The number of carbonyl (C=O) groups excluding carboxylic acids is 1. The van der Waals surface area contributed by atoms with E-state index in [0.717, 1.165) is 23.3 Å². The fraction of sp³-hybridized carbons (Fsp3) is 0.300. The first kappa shape index (κ1) is 18.4. The second-order valence-electron chi connectivity index (χ2n) is 7.53. The van der Waals surface area contributed by atoms with Crippen molar-refractivity contribution in [3.05, 3.63) is 63.4 Å². The third-order valence-corrected chi connectivity index (χ3v) is 6.06. The molecular weight excluding hydrogens is 431 g/mol. The van der Waals surface area contributed by atoms with Crippen molar-refractivity contribution in [3.8, 4) is 5.75 Å². The predicted octanol–water partition coefficient (Wildman–Crippen LogP) is 3.89. The van der Waals surface area contributed by atoms with Crippen LogP contribution in [0.15, 0.2) is 40.9 Å². The van der Waals surface area contributed by atoms with Crippen molar-refractivity contribution in [1.29, 1.82) is 0 Å². The Hall–Kier alpha value is -1.99. The summed E-state index contributed by atoms with van der Waals surface area (Å²) in [4.78, 5) is 14.7. The Morgan fingerprint density at radius 3 is 2.52 bits per heavy atom. The van der Waals surface area contributed by atoms with E-state index in [1.54, 1.807) is 19.2 Å². The number of carbonyl (C=O) groups is 1. The number of nitrogens with one attached hydrogen (secondary N) is 1. The van der Waals surface area contributed by atoms with Crippen LogP contribution in [0.4, 0.5) is 4.39 Å². The maximum absolute atomic E-state index is 13.8. The molecule has 1 fully saturated rings. The van der Waals surface area contributed by atoms with Crippen molar-refractivity contribution < 1.29 is 13.9 Å². The second-order valence-corrected chi connectivity index (χ2v) is 8.78. The van der Waals surface area contributed by atoms with Crippen LogP contribution in [0, 0.1) is 5.82 Å². The Kier molecular flexibility index (Phi) is 4.09. The van der Waals surface area contributed by atoms with Gasteiger partial charge in [0.15, 0.2) is 10.7 Å². The summed E-state index contributed by atoms with van der Waals surface area (Å²) >= 11 is 8.57. The van der Waals surface area contributed by atoms with E-state index in [-0.39, 0.29) is 17.3 Å². The Balaban J connectivity index is 1.92. The average Bonchev–Trinajstić information content (AvgIpc) is 3.04. The molecule has 0 saturated carbocycles. The van der Waals surface area contributed by atoms with Crippen LogP contribution < -0.4 is 10.1 Å². The van der Waals surface area contributed by atoms with Gasteiger partial charge in [-0.25, -0.2) is 4.39 Å². The lowest BCUT2D eigenvalue weighted by atomic mass is 9.81. The van der Waals surface area contributed by atoms with Crippen LogP contribution in [-0.4, -0.2) is 28.6 Å². The fourth-order valence-electron chi connectivity index (χ4n) is 3.77. The Morgan fingerprint density at radius 1 is 1.22 bits per heavy atom. The van der Waals surface area contributed by atoms with Gasteiger partial charge in [-0.2, -0.15) is 0 Å². The summed E-state index contributed by atoms with van der Waals surface area (Å²) in [5.74, 6) is 0.226. The molecule has 2 aliphatic rings. The number of hydrogen-bond acceptors (Lipinski definition) is 3. The molecule has 2 aromatic rings. The van der Waals surface area contributed by atoms with Gasteiger partial charge in [0.05, 0.1) is 4.47 Å². The van der Waals surface area contributed by atoms with Crippen molar-refractivity contribution in [2.24, 2.45) is 0 Å². The number of benzene rings is 2. The highest BCUT2D eigenvalue weighted by Crippen LogP contribution is 2.41. The molecule has 4 nitrogen and oxygen atoms in total. The summed E-state index contributed by atoms with van der Waals surface area (Å²) in [5.41, 5.74) is 0.909. The molecule has 7 heteroatoms. The van der Waals surface area contributed by atoms with E-state index >= 15 is 0 Å². The summed E-state index contributed by atoms with van der Waals surface area (Å²) in [5, 5.41) is 3.51. The minimum atomic E-state index is -1.20. The van der Waals surface area contributed by atoms with Crippen LogP contribution in [0.25, 0.3) is 0 Å². The number of nitrogens with zero attached hydrogens (tertiary/aromatic N) is 1. The number of likely N-dealkylation sites (N-methyl/N-ethyl adjacent to an activating group) is 1. The van der Waals surface area contributed by atoms with Gasteiger partial charge in [0.25, 0.3) is 5.91 Å². The molecule has 1 N–H and O–H groups in total. The number of amides is 1. The van der Waals surface area contributed by atoms with Gasteiger partial charge >= 0.3 is 0 Å². The quantitative estimate of drug-likeness (QED) is 0.707. The highest BCUT2D eigenvalue weighted by molar-refractivity contribution is 9.10. The molecule has 0 aliphatic carbocycles. The summed E-state index contributed by atoms with van der Waals surface area (Å²) in [6.45, 7) is 4.06. The average molecular weight is 449 g/mol. The van der Waals surface area contributed by atoms with Gasteiger partial charge in [0.1, 0.15) is 17.2 Å². The minimum absolute atomic E-state index is 0.205. The minimum Gasteiger partial charge on any atom is -0.487 e. The molecule has 27 heavy (non-hydrogen) atoms. The Morgan fingerprint density at radius 2 is 1.89 bits per heavy atom. The number of ether oxygens (including phenoxy) is 1. The summed E-state index contributed by atoms with van der Waals surface area (Å²) < 4.78 is 20.1. The van der Waals surface area contributed by atoms with Gasteiger partial charge in [-0.05, 0) is 83.0 Å². The predicted molar refractivity (Wildman–Crippen MR) is 108 cm³/mol. The smallest absolute Gasteiger partial charge is 0.263 e. The van der Waals surface area contributed by atoms with Crippen molar-refractivity contribution in [2.75, 3.05) is 7.05 Å². The summed E-state index contributed by atoms with van der Waals surface area (Å²) in [6.07, 6.45) is 0.744. The van der Waals surface area contributed by atoms with Crippen LogP contribution in [-0.2, 0) is 16.8 Å². The van der Waals surface area contributed by atoms with Crippen LogP contribution in [0.3, 0.4) is 0 Å². The van der Waals surface area contributed by atoms with Gasteiger partial charge in [-0.3, -0.25) is 9.69 Å².